The average Bonchev–Trinajstić information content (AvgIpc) is 3.15. The van der Waals surface area contributed by atoms with Crippen molar-refractivity contribution in [3.05, 3.63) is 66.2 Å². The first-order valence-corrected chi connectivity index (χ1v) is 9.17. The van der Waals surface area contributed by atoms with Gasteiger partial charge in [-0.2, -0.15) is 18.3 Å². The number of carbonyl (C=O) groups excluding carboxylic acids is 1. The minimum Gasteiger partial charge on any atom is -0.341 e. The highest BCUT2D eigenvalue weighted by atomic mass is 32.2. The van der Waals surface area contributed by atoms with Gasteiger partial charge in [-0.1, -0.05) is 30.0 Å². The quantitative estimate of drug-likeness (QED) is 0.463. The summed E-state index contributed by atoms with van der Waals surface area (Å²) in [5.41, 5.74) is 0.708. The van der Waals surface area contributed by atoms with E-state index in [0.29, 0.717) is 6.54 Å². The standard InChI is InChI=1S/C18H16F3N5OS/c1-25(10-13-9-23-26(11-13)14-5-3-2-4-6-14)16(27)12-28-17-22-8-7-15(24-17)18(19,20)21/h2-9,11H,10,12H2,1H3. The maximum atomic E-state index is 12.7. The number of para-hydroxylation sites is 1. The van der Waals surface area contributed by atoms with Gasteiger partial charge in [0, 0.05) is 31.5 Å². The van der Waals surface area contributed by atoms with Crippen LogP contribution in [-0.2, 0) is 17.5 Å². The molecular formula is C18H16F3N5OS. The molecule has 2 aromatic heterocycles. The van der Waals surface area contributed by atoms with Crippen LogP contribution >= 0.6 is 11.8 Å². The number of hydrogen-bond donors (Lipinski definition) is 0. The predicted octanol–water partition coefficient (Wildman–Crippen LogP) is 3.43. The molecule has 3 rings (SSSR count). The Bertz CT molecular complexity index is 946. The fraction of sp³-hybridized carbons (Fsp3) is 0.222. The molecule has 2 heterocycles. The second kappa shape index (κ2) is 8.42. The molecule has 0 saturated carbocycles. The van der Waals surface area contributed by atoms with Crippen LogP contribution < -0.4 is 0 Å². The van der Waals surface area contributed by atoms with Gasteiger partial charge in [0.2, 0.25) is 5.91 Å². The first kappa shape index (κ1) is 19.9. The van der Waals surface area contributed by atoms with E-state index in [1.165, 1.54) is 4.90 Å². The summed E-state index contributed by atoms with van der Waals surface area (Å²) in [4.78, 5) is 21.0. The highest BCUT2D eigenvalue weighted by molar-refractivity contribution is 7.99. The molecule has 3 aromatic rings. The van der Waals surface area contributed by atoms with Crippen molar-refractivity contribution in [2.45, 2.75) is 17.9 Å². The maximum Gasteiger partial charge on any atom is 0.433 e. The molecule has 0 fully saturated rings. The summed E-state index contributed by atoms with van der Waals surface area (Å²) in [6.45, 7) is 0.329. The fourth-order valence-electron chi connectivity index (χ4n) is 2.33. The van der Waals surface area contributed by atoms with E-state index in [4.69, 9.17) is 0 Å². The number of halogens is 3. The van der Waals surface area contributed by atoms with Gasteiger partial charge in [-0.15, -0.1) is 0 Å². The van der Waals surface area contributed by atoms with Gasteiger partial charge in [0.05, 0.1) is 17.6 Å². The van der Waals surface area contributed by atoms with Gasteiger partial charge < -0.3 is 4.90 Å². The van der Waals surface area contributed by atoms with Crippen molar-refractivity contribution in [1.82, 2.24) is 24.6 Å². The van der Waals surface area contributed by atoms with E-state index in [1.807, 2.05) is 36.5 Å². The van der Waals surface area contributed by atoms with Gasteiger partial charge in [-0.05, 0) is 18.2 Å². The van der Waals surface area contributed by atoms with E-state index in [9.17, 15) is 18.0 Å². The van der Waals surface area contributed by atoms with Crippen molar-refractivity contribution in [3.8, 4) is 5.69 Å². The lowest BCUT2D eigenvalue weighted by Gasteiger charge is -2.15. The number of amides is 1. The van der Waals surface area contributed by atoms with Crippen LogP contribution in [0, 0.1) is 0 Å². The summed E-state index contributed by atoms with van der Waals surface area (Å²) in [6, 6.07) is 10.3. The van der Waals surface area contributed by atoms with Crippen molar-refractivity contribution in [2.24, 2.45) is 0 Å². The zero-order valence-corrected chi connectivity index (χ0v) is 15.6. The Labute approximate surface area is 163 Å². The second-order valence-electron chi connectivity index (χ2n) is 5.89. The van der Waals surface area contributed by atoms with Crippen molar-refractivity contribution in [1.29, 1.82) is 0 Å². The molecular weight excluding hydrogens is 391 g/mol. The maximum absolute atomic E-state index is 12.7. The molecule has 1 aromatic carbocycles. The smallest absolute Gasteiger partial charge is 0.341 e. The lowest BCUT2D eigenvalue weighted by Crippen LogP contribution is -2.27. The van der Waals surface area contributed by atoms with Gasteiger partial charge >= 0.3 is 6.18 Å². The van der Waals surface area contributed by atoms with Crippen LogP contribution in [0.4, 0.5) is 13.2 Å². The van der Waals surface area contributed by atoms with Crippen LogP contribution in [0.25, 0.3) is 5.69 Å². The Balaban J connectivity index is 1.56. The summed E-state index contributed by atoms with van der Waals surface area (Å²) in [6.07, 6.45) is -0.0235. The molecule has 0 spiro atoms. The summed E-state index contributed by atoms with van der Waals surface area (Å²) < 4.78 is 39.7. The van der Waals surface area contributed by atoms with Gasteiger partial charge in [-0.3, -0.25) is 4.79 Å². The molecule has 28 heavy (non-hydrogen) atoms. The highest BCUT2D eigenvalue weighted by Gasteiger charge is 2.32. The molecule has 0 N–H and O–H groups in total. The predicted molar refractivity (Wildman–Crippen MR) is 97.8 cm³/mol. The number of hydrogen-bond acceptors (Lipinski definition) is 5. The van der Waals surface area contributed by atoms with Gasteiger partial charge in [0.1, 0.15) is 5.69 Å². The average molecular weight is 407 g/mol. The molecule has 0 unspecified atom stereocenters. The van der Waals surface area contributed by atoms with E-state index in [2.05, 4.69) is 15.1 Å². The van der Waals surface area contributed by atoms with Crippen LogP contribution in [0.15, 0.2) is 60.1 Å². The third-order valence-corrected chi connectivity index (χ3v) is 4.60. The Morgan fingerprint density at radius 1 is 1.21 bits per heavy atom. The number of nitrogens with zero attached hydrogens (tertiary/aromatic N) is 5. The zero-order chi connectivity index (χ0) is 20.1. The Morgan fingerprint density at radius 3 is 2.68 bits per heavy atom. The molecule has 1 amide bonds. The summed E-state index contributed by atoms with van der Waals surface area (Å²) >= 11 is 0.866. The van der Waals surface area contributed by atoms with Crippen LogP contribution in [0.3, 0.4) is 0 Å². The van der Waals surface area contributed by atoms with Crippen LogP contribution in [-0.4, -0.2) is 43.4 Å². The van der Waals surface area contributed by atoms with E-state index in [-0.39, 0.29) is 16.8 Å². The molecule has 0 atom stereocenters. The number of rotatable bonds is 6. The number of alkyl halides is 3. The summed E-state index contributed by atoms with van der Waals surface area (Å²) in [5.74, 6) is -0.316. The number of benzene rings is 1. The van der Waals surface area contributed by atoms with Crippen molar-refractivity contribution >= 4 is 17.7 Å². The molecule has 0 aliphatic rings. The first-order chi connectivity index (χ1) is 13.3. The number of thioether (sulfide) groups is 1. The largest absolute Gasteiger partial charge is 0.433 e. The first-order valence-electron chi connectivity index (χ1n) is 8.19. The van der Waals surface area contributed by atoms with Crippen LogP contribution in [0.2, 0.25) is 0 Å². The number of carbonyl (C=O) groups is 1. The van der Waals surface area contributed by atoms with Gasteiger partial charge in [-0.25, -0.2) is 14.6 Å². The zero-order valence-electron chi connectivity index (χ0n) is 14.8. The van der Waals surface area contributed by atoms with E-state index in [0.717, 1.165) is 35.3 Å². The molecule has 0 saturated heterocycles. The van der Waals surface area contributed by atoms with Crippen molar-refractivity contribution in [2.75, 3.05) is 12.8 Å². The molecule has 0 aliphatic heterocycles. The summed E-state index contributed by atoms with van der Waals surface area (Å²) in [7, 11) is 1.62. The molecule has 146 valence electrons. The third-order valence-electron chi connectivity index (χ3n) is 3.75. The van der Waals surface area contributed by atoms with Crippen molar-refractivity contribution < 1.29 is 18.0 Å². The van der Waals surface area contributed by atoms with E-state index in [1.54, 1.807) is 17.9 Å². The minimum absolute atomic E-state index is 0.0648. The lowest BCUT2D eigenvalue weighted by molar-refractivity contribution is -0.141. The van der Waals surface area contributed by atoms with E-state index < -0.39 is 11.9 Å². The van der Waals surface area contributed by atoms with E-state index >= 15 is 0 Å². The fourth-order valence-corrected chi connectivity index (χ4v) is 3.10. The lowest BCUT2D eigenvalue weighted by atomic mass is 10.3. The third kappa shape index (κ3) is 5.10. The minimum atomic E-state index is -4.54. The topological polar surface area (TPSA) is 63.9 Å². The van der Waals surface area contributed by atoms with Crippen LogP contribution in [0.5, 0.6) is 0 Å². The van der Waals surface area contributed by atoms with Gasteiger partial charge in [0.15, 0.2) is 5.16 Å². The second-order valence-corrected chi connectivity index (χ2v) is 6.83. The normalized spacial score (nSPS) is 11.4. The highest BCUT2D eigenvalue weighted by Crippen LogP contribution is 2.28. The Kier molecular flexibility index (Phi) is 5.98. The molecule has 0 aliphatic carbocycles. The van der Waals surface area contributed by atoms with Crippen LogP contribution in [0.1, 0.15) is 11.3 Å². The van der Waals surface area contributed by atoms with Gasteiger partial charge in [0.25, 0.3) is 0 Å². The number of aromatic nitrogens is 4. The molecule has 0 bridgehead atoms. The Hall–Kier alpha value is -2.88. The summed E-state index contributed by atoms with van der Waals surface area (Å²) in [5, 5.41) is 4.18. The van der Waals surface area contributed by atoms with Crippen molar-refractivity contribution in [3.63, 3.8) is 0 Å². The SMILES string of the molecule is CN(Cc1cnn(-c2ccccc2)c1)C(=O)CSc1nccc(C(F)(F)F)n1. The molecule has 10 heteroatoms. The Morgan fingerprint density at radius 2 is 1.96 bits per heavy atom. The monoisotopic (exact) mass is 407 g/mol. The molecule has 6 nitrogen and oxygen atoms in total. The molecule has 0 radical (unpaired) electrons.